The van der Waals surface area contributed by atoms with Gasteiger partial charge in [0.05, 0.1) is 22.1 Å². The molecule has 8 heteroatoms. The lowest BCUT2D eigenvalue weighted by Crippen LogP contribution is -2.74. The maximum absolute atomic E-state index is 6.33. The summed E-state index contributed by atoms with van der Waals surface area (Å²) in [6.07, 6.45) is 0. The number of fused-ring (bicyclic) bond motifs is 12. The van der Waals surface area contributed by atoms with Crippen molar-refractivity contribution >= 4 is 189 Å². The normalized spacial score (nSPS) is 11.6. The summed E-state index contributed by atoms with van der Waals surface area (Å²) < 4.78 is 13.8. The third kappa shape index (κ3) is 15.3. The number of anilines is 6. The van der Waals surface area contributed by atoms with Gasteiger partial charge in [-0.05, 0) is 238 Å². The molecule has 26 rings (SSSR count). The minimum Gasteiger partial charge on any atom is -0.456 e. The second-order valence-corrected chi connectivity index (χ2v) is 44.7. The summed E-state index contributed by atoms with van der Waals surface area (Å²) in [4.78, 5) is 4.84. The number of thiophene rings is 1. The van der Waals surface area contributed by atoms with Gasteiger partial charge in [0.2, 0.25) is 0 Å². The highest BCUT2D eigenvalue weighted by molar-refractivity contribution is 7.26. The van der Waals surface area contributed by atoms with Crippen molar-refractivity contribution in [3.05, 3.63) is 558 Å². The lowest BCUT2D eigenvalue weighted by atomic mass is 9.98. The number of nitrogens with zero attached hydrogens (tertiary/aromatic N) is 4. The molecule has 0 N–H and O–H groups in total. The number of rotatable bonds is 20. The molecule has 0 aliphatic rings. The molecule has 4 heterocycles. The fourth-order valence-corrected chi connectivity index (χ4v) is 32.7. The topological polar surface area (TPSA) is 29.5 Å². The van der Waals surface area contributed by atoms with Gasteiger partial charge in [0, 0.05) is 98.0 Å². The first-order valence-corrected chi connectivity index (χ1v) is 52.8. The van der Waals surface area contributed by atoms with Gasteiger partial charge in [0.25, 0.3) is 0 Å². The molecule has 0 saturated heterocycles. The van der Waals surface area contributed by atoms with Crippen LogP contribution >= 0.6 is 11.3 Å². The van der Waals surface area contributed by atoms with E-state index in [4.69, 9.17) is 4.42 Å². The van der Waals surface area contributed by atoms with E-state index in [9.17, 15) is 0 Å². The van der Waals surface area contributed by atoms with Crippen molar-refractivity contribution in [2.24, 2.45) is 0 Å². The van der Waals surface area contributed by atoms with Crippen LogP contribution in [0.15, 0.2) is 563 Å². The van der Waals surface area contributed by atoms with Crippen molar-refractivity contribution in [1.82, 2.24) is 9.13 Å². The van der Waals surface area contributed by atoms with Crippen LogP contribution in [0, 0.1) is 0 Å². The molecule has 0 radical (unpaired) electrons. The number of para-hydroxylation sites is 5. The van der Waals surface area contributed by atoms with Crippen molar-refractivity contribution < 1.29 is 4.42 Å². The first-order valence-electron chi connectivity index (χ1n) is 48.0. The zero-order valence-corrected chi connectivity index (χ0v) is 79.5. The SMILES string of the molecule is C.c1ccc(-n2c3ccccc3c3c(-c4cccc(N(c5ccc(-c6ccc7sc8ccccc8c7c6)cc5)c5ccc([Si](c6ccccc6)(c6ccccc6)c6ccccc6)cc5)c4)cccc32)cc1.c1ccc(-n2c3ccccc3c3c(-c4cccc(N(c5ccc(-c6cccc7oc8ccccc8c67)cc5)c5ccc([Si](c6ccccc6)(c6ccccc6)c6ccccc6)cc5)c4)cccc32)cc1. The number of furan rings is 1. The Morgan fingerprint density at radius 1 is 0.184 bits per heavy atom. The smallest absolute Gasteiger partial charge is 0.179 e. The van der Waals surface area contributed by atoms with Crippen molar-refractivity contribution in [2.45, 2.75) is 7.43 Å². The lowest BCUT2D eigenvalue weighted by molar-refractivity contribution is 0.669. The highest BCUT2D eigenvalue weighted by Crippen LogP contribution is 2.47. The molecule has 0 aliphatic heterocycles. The van der Waals surface area contributed by atoms with Crippen LogP contribution in [0.5, 0.6) is 0 Å². The molecule has 4 aromatic heterocycles. The highest BCUT2D eigenvalue weighted by Gasteiger charge is 2.43. The van der Waals surface area contributed by atoms with Crippen LogP contribution in [0.1, 0.15) is 7.43 Å². The lowest BCUT2D eigenvalue weighted by Gasteiger charge is -2.35. The Morgan fingerprint density at radius 2 is 0.489 bits per heavy atom. The Kier molecular flexibility index (Phi) is 22.8. The van der Waals surface area contributed by atoms with E-state index in [0.717, 1.165) is 89.7 Å². The van der Waals surface area contributed by atoms with Crippen LogP contribution in [-0.4, -0.2) is 25.3 Å². The van der Waals surface area contributed by atoms with Crippen LogP contribution in [0.25, 0.3) is 142 Å². The molecule has 0 bridgehead atoms. The molecule has 0 spiro atoms. The molecule has 26 aromatic rings. The minimum absolute atomic E-state index is 0. The van der Waals surface area contributed by atoms with Crippen LogP contribution < -0.4 is 51.3 Å². The van der Waals surface area contributed by atoms with Gasteiger partial charge < -0.3 is 23.4 Å². The summed E-state index contributed by atoms with van der Waals surface area (Å²) in [6, 6.07) is 205. The van der Waals surface area contributed by atoms with Crippen molar-refractivity contribution in [3.63, 3.8) is 0 Å². The number of aromatic nitrogens is 2. The minimum atomic E-state index is -2.75. The van der Waals surface area contributed by atoms with Crippen LogP contribution in [0.3, 0.4) is 0 Å². The second-order valence-electron chi connectivity index (χ2n) is 36.0. The van der Waals surface area contributed by atoms with Gasteiger partial charge in [-0.25, -0.2) is 0 Å². The molecule has 0 amide bonds. The fourth-order valence-electron chi connectivity index (χ4n) is 22.1. The zero-order chi connectivity index (χ0) is 92.9. The molecule has 22 aromatic carbocycles. The monoisotopic (exact) mass is 1850 g/mol. The molecule has 5 nitrogen and oxygen atoms in total. The fraction of sp³-hybridized carbons (Fsp3) is 0.00752. The molecule has 0 unspecified atom stereocenters. The molecule has 0 aliphatic carbocycles. The van der Waals surface area contributed by atoms with E-state index in [1.54, 1.807) is 0 Å². The van der Waals surface area contributed by atoms with Crippen molar-refractivity contribution in [1.29, 1.82) is 0 Å². The summed E-state index contributed by atoms with van der Waals surface area (Å²) in [5.74, 6) is 0. The van der Waals surface area contributed by atoms with Gasteiger partial charge in [-0.3, -0.25) is 0 Å². The number of hydrogen-bond donors (Lipinski definition) is 0. The van der Waals surface area contributed by atoms with Gasteiger partial charge >= 0.3 is 0 Å². The second kappa shape index (κ2) is 37.2. The molecule has 141 heavy (non-hydrogen) atoms. The van der Waals surface area contributed by atoms with E-state index in [-0.39, 0.29) is 7.43 Å². The van der Waals surface area contributed by atoms with Gasteiger partial charge in [-0.1, -0.05) is 414 Å². The number of benzene rings is 22. The maximum atomic E-state index is 6.33. The summed E-state index contributed by atoms with van der Waals surface area (Å²) in [5.41, 5.74) is 24.7. The molecular weight excluding hydrogens is 1760 g/mol. The van der Waals surface area contributed by atoms with E-state index in [2.05, 4.69) is 565 Å². The first kappa shape index (κ1) is 86.3. The van der Waals surface area contributed by atoms with Gasteiger partial charge in [0.15, 0.2) is 16.1 Å². The van der Waals surface area contributed by atoms with E-state index < -0.39 is 16.1 Å². The van der Waals surface area contributed by atoms with Gasteiger partial charge in [-0.2, -0.15) is 0 Å². The quantitative estimate of drug-likeness (QED) is 0.0563. The number of hydrogen-bond acceptors (Lipinski definition) is 4. The van der Waals surface area contributed by atoms with E-state index >= 15 is 0 Å². The van der Waals surface area contributed by atoms with E-state index in [1.807, 2.05) is 23.5 Å². The molecular formula is C133H96N4OSSi2. The average molecular weight is 1850 g/mol. The summed E-state index contributed by atoms with van der Waals surface area (Å²) >= 11 is 1.86. The van der Waals surface area contributed by atoms with Crippen LogP contribution in [0.2, 0.25) is 0 Å². The highest BCUT2D eigenvalue weighted by atomic mass is 32.1. The third-order valence-corrected chi connectivity index (χ3v) is 39.0. The van der Waals surface area contributed by atoms with Crippen LogP contribution in [0.4, 0.5) is 34.1 Å². The zero-order valence-electron chi connectivity index (χ0n) is 76.7. The summed E-state index contributed by atoms with van der Waals surface area (Å²) in [7, 11) is -5.49. The summed E-state index contributed by atoms with van der Waals surface area (Å²) in [5, 5.41) is 20.6. The molecule has 0 saturated carbocycles. The Labute approximate surface area is 827 Å². The standard InChI is InChI=1S/C66H46N2OSi.C66H46N2SSi.CH4/c1-5-21-49(22-6-1)68-61-34-15-13-30-59(61)65-58(32-18-35-62(65)68)48-20-17-23-52(46-48)67(50-40-38-47(39-41-50)57-33-19-37-64-66(57)60-31-14-16-36-63(60)69-64)51-42-44-56(45-43-51)70(53-24-7-2-8-25-53,54-26-9-3-10-27-54)55-28-11-4-12-29-55;1-5-20-50(21-6-1)68-62-32-15-13-30-60(62)66-58(31-18-33-63(66)68)49-19-17-22-53(45-49)67(51-38-35-47(36-39-51)48-37-44-65-61(46-48)59-29-14-16-34-64(59)69-65)52-40-42-57(43-41-52)70(54-23-7-2-8-24-54,55-25-9-3-10-26-55)56-27-11-4-12-28-56;/h2*1-46H;1H4. The van der Waals surface area contributed by atoms with E-state index in [1.165, 1.54) is 128 Å². The molecule has 0 atom stereocenters. The molecule has 0 fully saturated rings. The predicted molar refractivity (Wildman–Crippen MR) is 607 cm³/mol. The van der Waals surface area contributed by atoms with Gasteiger partial charge in [-0.15, -0.1) is 11.3 Å². The van der Waals surface area contributed by atoms with Crippen molar-refractivity contribution in [3.8, 4) is 55.9 Å². The third-order valence-electron chi connectivity index (χ3n) is 28.3. The maximum Gasteiger partial charge on any atom is 0.179 e. The largest absolute Gasteiger partial charge is 0.456 e. The van der Waals surface area contributed by atoms with Crippen LogP contribution in [-0.2, 0) is 0 Å². The average Bonchev–Trinajstić information content (AvgIpc) is 1.69. The Balaban J connectivity index is 0.000000152. The Morgan fingerprint density at radius 3 is 0.915 bits per heavy atom. The summed E-state index contributed by atoms with van der Waals surface area (Å²) in [6.45, 7) is 0. The Bertz CT molecular complexity index is 8820. The molecule has 668 valence electrons. The first-order chi connectivity index (χ1) is 69.5. The Hall–Kier alpha value is -17.5. The predicted octanol–water partition coefficient (Wildman–Crippen LogP) is 30.8. The van der Waals surface area contributed by atoms with E-state index in [0.29, 0.717) is 0 Å². The van der Waals surface area contributed by atoms with Crippen molar-refractivity contribution in [2.75, 3.05) is 9.80 Å². The van der Waals surface area contributed by atoms with Gasteiger partial charge in [0.1, 0.15) is 11.2 Å².